The molecule has 0 aliphatic carbocycles. The number of ether oxygens (including phenoxy) is 2. The van der Waals surface area contributed by atoms with Crippen LogP contribution in [0, 0.1) is 0 Å². The Morgan fingerprint density at radius 1 is 1.15 bits per heavy atom. The highest BCUT2D eigenvalue weighted by Gasteiger charge is 2.14. The zero-order valence-corrected chi connectivity index (χ0v) is 11.3. The van der Waals surface area contributed by atoms with E-state index in [1.54, 1.807) is 30.3 Å². The fraction of sp³-hybridized carbons (Fsp3) is 0.133. The first-order chi connectivity index (χ1) is 9.76. The van der Waals surface area contributed by atoms with Crippen molar-refractivity contribution in [1.29, 1.82) is 0 Å². The van der Waals surface area contributed by atoms with Gasteiger partial charge >= 0.3 is 0 Å². The standard InChI is InChI=1S/C15H12ClNO3/c16-8-10-2-1-3-11(6-10)15(18)17-12-4-5-13-14(7-12)20-9-19-13/h1-7H,8-9H2,(H,17,18). The Morgan fingerprint density at radius 2 is 2.00 bits per heavy atom. The third-order valence-corrected chi connectivity index (χ3v) is 3.28. The molecule has 0 saturated heterocycles. The number of anilines is 1. The van der Waals surface area contributed by atoms with E-state index in [0.717, 1.165) is 5.56 Å². The normalized spacial score (nSPS) is 12.2. The first kappa shape index (κ1) is 12.8. The molecule has 0 saturated carbocycles. The molecule has 0 bridgehead atoms. The number of hydrogen-bond acceptors (Lipinski definition) is 3. The molecule has 0 aromatic heterocycles. The Kier molecular flexibility index (Phi) is 3.48. The van der Waals surface area contributed by atoms with Gasteiger partial charge in [-0.3, -0.25) is 4.79 Å². The van der Waals surface area contributed by atoms with E-state index >= 15 is 0 Å². The third-order valence-electron chi connectivity index (χ3n) is 2.97. The van der Waals surface area contributed by atoms with Crippen LogP contribution in [0.1, 0.15) is 15.9 Å². The molecule has 0 fully saturated rings. The first-order valence-corrected chi connectivity index (χ1v) is 6.65. The Balaban J connectivity index is 1.78. The largest absolute Gasteiger partial charge is 0.454 e. The number of alkyl halides is 1. The van der Waals surface area contributed by atoms with Crippen molar-refractivity contribution >= 4 is 23.2 Å². The molecule has 0 unspecified atom stereocenters. The SMILES string of the molecule is O=C(Nc1ccc2c(c1)OCO2)c1cccc(CCl)c1. The van der Waals surface area contributed by atoms with Crippen LogP contribution in [0.3, 0.4) is 0 Å². The molecule has 3 rings (SSSR count). The minimum atomic E-state index is -0.184. The molecule has 102 valence electrons. The van der Waals surface area contributed by atoms with Crippen molar-refractivity contribution < 1.29 is 14.3 Å². The van der Waals surface area contributed by atoms with E-state index in [-0.39, 0.29) is 12.7 Å². The number of hydrogen-bond donors (Lipinski definition) is 1. The fourth-order valence-electron chi connectivity index (χ4n) is 1.97. The maximum Gasteiger partial charge on any atom is 0.255 e. The van der Waals surface area contributed by atoms with E-state index in [1.807, 2.05) is 12.1 Å². The predicted molar refractivity (Wildman–Crippen MR) is 76.5 cm³/mol. The highest BCUT2D eigenvalue weighted by atomic mass is 35.5. The monoisotopic (exact) mass is 289 g/mol. The summed E-state index contributed by atoms with van der Waals surface area (Å²) in [4.78, 5) is 12.2. The lowest BCUT2D eigenvalue weighted by Gasteiger charge is -2.07. The topological polar surface area (TPSA) is 47.6 Å². The maximum absolute atomic E-state index is 12.2. The summed E-state index contributed by atoms with van der Waals surface area (Å²) in [6.07, 6.45) is 0. The second kappa shape index (κ2) is 5.43. The molecule has 1 heterocycles. The zero-order valence-electron chi connectivity index (χ0n) is 10.6. The van der Waals surface area contributed by atoms with Crippen LogP contribution in [-0.4, -0.2) is 12.7 Å². The summed E-state index contributed by atoms with van der Waals surface area (Å²) in [6.45, 7) is 0.213. The predicted octanol–water partition coefficient (Wildman–Crippen LogP) is 3.41. The van der Waals surface area contributed by atoms with Crippen molar-refractivity contribution in [1.82, 2.24) is 0 Å². The van der Waals surface area contributed by atoms with E-state index in [1.165, 1.54) is 0 Å². The number of benzene rings is 2. The van der Waals surface area contributed by atoms with Crippen LogP contribution in [0.5, 0.6) is 11.5 Å². The second-order valence-electron chi connectivity index (χ2n) is 4.36. The summed E-state index contributed by atoms with van der Waals surface area (Å²) in [6, 6.07) is 12.5. The Hall–Kier alpha value is -2.20. The van der Waals surface area contributed by atoms with Gasteiger partial charge in [-0.2, -0.15) is 0 Å². The minimum absolute atomic E-state index is 0.184. The van der Waals surface area contributed by atoms with Gasteiger partial charge in [0.15, 0.2) is 11.5 Å². The first-order valence-electron chi connectivity index (χ1n) is 6.12. The highest BCUT2D eigenvalue weighted by molar-refractivity contribution is 6.17. The molecule has 2 aromatic carbocycles. The van der Waals surface area contributed by atoms with E-state index in [2.05, 4.69) is 5.32 Å². The summed E-state index contributed by atoms with van der Waals surface area (Å²) in [5.41, 5.74) is 2.14. The van der Waals surface area contributed by atoms with Gasteiger partial charge < -0.3 is 14.8 Å². The number of halogens is 1. The molecule has 4 nitrogen and oxygen atoms in total. The molecule has 1 aliphatic rings. The average molecular weight is 290 g/mol. The lowest BCUT2D eigenvalue weighted by Crippen LogP contribution is -2.11. The van der Waals surface area contributed by atoms with Crippen LogP contribution in [0.4, 0.5) is 5.69 Å². The summed E-state index contributed by atoms with van der Waals surface area (Å²) in [7, 11) is 0. The summed E-state index contributed by atoms with van der Waals surface area (Å²) in [5, 5.41) is 2.82. The molecule has 1 aliphatic heterocycles. The van der Waals surface area contributed by atoms with E-state index in [4.69, 9.17) is 21.1 Å². The van der Waals surface area contributed by atoms with E-state index in [9.17, 15) is 4.79 Å². The number of carbonyl (C=O) groups excluding carboxylic acids is 1. The lowest BCUT2D eigenvalue weighted by molar-refractivity contribution is 0.102. The maximum atomic E-state index is 12.2. The van der Waals surface area contributed by atoms with Crippen LogP contribution >= 0.6 is 11.6 Å². The molecule has 20 heavy (non-hydrogen) atoms. The van der Waals surface area contributed by atoms with Gasteiger partial charge in [-0.25, -0.2) is 0 Å². The van der Waals surface area contributed by atoms with Crippen LogP contribution in [-0.2, 0) is 5.88 Å². The zero-order chi connectivity index (χ0) is 13.9. The molecule has 1 amide bonds. The van der Waals surface area contributed by atoms with Crippen molar-refractivity contribution in [2.75, 3.05) is 12.1 Å². The number of nitrogens with one attached hydrogen (secondary N) is 1. The average Bonchev–Trinajstić information content (AvgIpc) is 2.95. The van der Waals surface area contributed by atoms with E-state index in [0.29, 0.717) is 28.6 Å². The Morgan fingerprint density at radius 3 is 2.85 bits per heavy atom. The molecule has 0 radical (unpaired) electrons. The van der Waals surface area contributed by atoms with Gasteiger partial charge in [0.2, 0.25) is 6.79 Å². The van der Waals surface area contributed by atoms with Crippen LogP contribution in [0.2, 0.25) is 0 Å². The number of fused-ring (bicyclic) bond motifs is 1. The van der Waals surface area contributed by atoms with Gasteiger partial charge in [0.25, 0.3) is 5.91 Å². The molecular formula is C15H12ClNO3. The molecule has 2 aromatic rings. The van der Waals surface area contributed by atoms with Gasteiger partial charge in [0, 0.05) is 23.2 Å². The summed E-state index contributed by atoms with van der Waals surface area (Å²) >= 11 is 5.77. The van der Waals surface area contributed by atoms with Gasteiger partial charge in [0.1, 0.15) is 0 Å². The van der Waals surface area contributed by atoms with Crippen molar-refractivity contribution in [2.45, 2.75) is 5.88 Å². The van der Waals surface area contributed by atoms with Gasteiger partial charge in [-0.15, -0.1) is 11.6 Å². The third kappa shape index (κ3) is 2.56. The van der Waals surface area contributed by atoms with Gasteiger partial charge in [-0.05, 0) is 29.8 Å². The molecule has 0 atom stereocenters. The number of rotatable bonds is 3. The highest BCUT2D eigenvalue weighted by Crippen LogP contribution is 2.34. The quantitative estimate of drug-likeness (QED) is 0.881. The second-order valence-corrected chi connectivity index (χ2v) is 4.62. The van der Waals surface area contributed by atoms with Crippen LogP contribution in [0.25, 0.3) is 0 Å². The molecule has 1 N–H and O–H groups in total. The van der Waals surface area contributed by atoms with E-state index < -0.39 is 0 Å². The molecule has 0 spiro atoms. The van der Waals surface area contributed by atoms with Gasteiger partial charge in [0.05, 0.1) is 0 Å². The van der Waals surface area contributed by atoms with Crippen LogP contribution < -0.4 is 14.8 Å². The fourth-order valence-corrected chi connectivity index (χ4v) is 2.14. The van der Waals surface area contributed by atoms with Crippen molar-refractivity contribution in [2.24, 2.45) is 0 Å². The number of amides is 1. The van der Waals surface area contributed by atoms with Gasteiger partial charge in [-0.1, -0.05) is 12.1 Å². The Bertz CT molecular complexity index is 657. The smallest absolute Gasteiger partial charge is 0.255 e. The molecule has 5 heteroatoms. The summed E-state index contributed by atoms with van der Waals surface area (Å²) in [5.74, 6) is 1.52. The summed E-state index contributed by atoms with van der Waals surface area (Å²) < 4.78 is 10.5. The van der Waals surface area contributed by atoms with Crippen molar-refractivity contribution in [3.8, 4) is 11.5 Å². The Labute approximate surface area is 121 Å². The molecular weight excluding hydrogens is 278 g/mol. The lowest BCUT2D eigenvalue weighted by atomic mass is 10.1. The minimum Gasteiger partial charge on any atom is -0.454 e. The van der Waals surface area contributed by atoms with Crippen molar-refractivity contribution in [3.05, 3.63) is 53.6 Å². The van der Waals surface area contributed by atoms with Crippen molar-refractivity contribution in [3.63, 3.8) is 0 Å². The number of carbonyl (C=O) groups is 1. The van der Waals surface area contributed by atoms with Crippen LogP contribution in [0.15, 0.2) is 42.5 Å².